The summed E-state index contributed by atoms with van der Waals surface area (Å²) in [5.74, 6) is -0.341. The maximum absolute atomic E-state index is 11.3. The minimum atomic E-state index is -0.519. The lowest BCUT2D eigenvalue weighted by atomic mass is 10.2. The Bertz CT molecular complexity index is 257. The summed E-state index contributed by atoms with van der Waals surface area (Å²) >= 11 is 5.73. The monoisotopic (exact) mass is 233 g/mol. The second-order valence-electron chi connectivity index (χ2n) is 3.67. The Morgan fingerprint density at radius 1 is 1.67 bits per heavy atom. The molecule has 0 saturated carbocycles. The average molecular weight is 234 g/mol. The van der Waals surface area contributed by atoms with Crippen molar-refractivity contribution in [2.75, 3.05) is 26.7 Å². The Kier molecular flexibility index (Phi) is 4.57. The van der Waals surface area contributed by atoms with Crippen LogP contribution in [0.2, 0.25) is 0 Å². The van der Waals surface area contributed by atoms with Crippen LogP contribution in [0.5, 0.6) is 0 Å². The number of nitrogens with zero attached hydrogens (tertiary/aromatic N) is 1. The first-order valence-corrected chi connectivity index (χ1v) is 5.19. The molecule has 0 N–H and O–H groups in total. The molecule has 1 rings (SSSR count). The van der Waals surface area contributed by atoms with E-state index in [0.29, 0.717) is 18.1 Å². The van der Waals surface area contributed by atoms with Crippen LogP contribution in [0, 0.1) is 0 Å². The first kappa shape index (κ1) is 12.5. The maximum Gasteiger partial charge on any atom is 0.336 e. The molecule has 1 aliphatic heterocycles. The first-order chi connectivity index (χ1) is 7.02. The van der Waals surface area contributed by atoms with Crippen molar-refractivity contribution in [1.29, 1.82) is 0 Å². The van der Waals surface area contributed by atoms with Crippen LogP contribution in [0.25, 0.3) is 0 Å². The summed E-state index contributed by atoms with van der Waals surface area (Å²) in [4.78, 5) is 13.3. The lowest BCUT2D eigenvalue weighted by molar-refractivity contribution is -0.165. The maximum atomic E-state index is 11.3. The molecule has 0 radical (unpaired) electrons. The normalized spacial score (nSPS) is 27.4. The van der Waals surface area contributed by atoms with Crippen LogP contribution < -0.4 is 0 Å². The Morgan fingerprint density at radius 3 is 2.87 bits per heavy atom. The van der Waals surface area contributed by atoms with E-state index in [0.717, 1.165) is 6.54 Å². The largest absolute Gasteiger partial charge is 0.467 e. The van der Waals surface area contributed by atoms with Crippen molar-refractivity contribution >= 4 is 17.6 Å². The lowest BCUT2D eigenvalue weighted by Crippen LogP contribution is -2.50. The molecular formula is C10H16ClNO3. The number of morpholine rings is 1. The molecule has 0 bridgehead atoms. The fraction of sp³-hybridized carbons (Fsp3) is 0.700. The van der Waals surface area contributed by atoms with E-state index in [1.54, 1.807) is 0 Å². The third kappa shape index (κ3) is 3.81. The second-order valence-corrected chi connectivity index (χ2v) is 4.20. The van der Waals surface area contributed by atoms with Gasteiger partial charge >= 0.3 is 5.97 Å². The van der Waals surface area contributed by atoms with Gasteiger partial charge < -0.3 is 9.47 Å². The van der Waals surface area contributed by atoms with Crippen molar-refractivity contribution < 1.29 is 14.3 Å². The molecule has 0 aromatic carbocycles. The van der Waals surface area contributed by atoms with Crippen LogP contribution in [0.4, 0.5) is 0 Å². The molecule has 1 fully saturated rings. The van der Waals surface area contributed by atoms with Crippen molar-refractivity contribution in [2.45, 2.75) is 19.1 Å². The van der Waals surface area contributed by atoms with Gasteiger partial charge in [-0.3, -0.25) is 4.90 Å². The molecule has 5 heteroatoms. The summed E-state index contributed by atoms with van der Waals surface area (Å²) in [7, 11) is 1.36. The molecule has 0 spiro atoms. The highest BCUT2D eigenvalue weighted by Crippen LogP contribution is 2.14. The highest BCUT2D eigenvalue weighted by atomic mass is 35.5. The number of carbonyl (C=O) groups excluding carboxylic acids is 1. The number of carbonyl (C=O) groups is 1. The zero-order chi connectivity index (χ0) is 11.4. The first-order valence-electron chi connectivity index (χ1n) is 4.82. The summed E-state index contributed by atoms with van der Waals surface area (Å²) in [5.41, 5.74) is 0. The highest BCUT2D eigenvalue weighted by molar-refractivity contribution is 6.29. The van der Waals surface area contributed by atoms with Crippen LogP contribution in [-0.2, 0) is 14.3 Å². The van der Waals surface area contributed by atoms with E-state index in [1.165, 1.54) is 7.11 Å². The average Bonchev–Trinajstić information content (AvgIpc) is 2.14. The summed E-state index contributed by atoms with van der Waals surface area (Å²) in [6.45, 7) is 7.37. The fourth-order valence-corrected chi connectivity index (χ4v) is 1.84. The van der Waals surface area contributed by atoms with Gasteiger partial charge in [0.05, 0.1) is 13.2 Å². The van der Waals surface area contributed by atoms with E-state index in [2.05, 4.69) is 11.3 Å². The third-order valence-corrected chi connectivity index (χ3v) is 2.31. The quantitative estimate of drug-likeness (QED) is 0.682. The Labute approximate surface area is 94.8 Å². The lowest BCUT2D eigenvalue weighted by Gasteiger charge is -2.35. The number of hydrogen-bond donors (Lipinski definition) is 0. The smallest absolute Gasteiger partial charge is 0.336 e. The molecule has 0 aromatic heterocycles. The Morgan fingerprint density at radius 2 is 2.33 bits per heavy atom. The minimum Gasteiger partial charge on any atom is -0.467 e. The van der Waals surface area contributed by atoms with Crippen molar-refractivity contribution in [3.8, 4) is 0 Å². The second kappa shape index (κ2) is 5.49. The molecular weight excluding hydrogens is 218 g/mol. The summed E-state index contributed by atoms with van der Waals surface area (Å²) in [6, 6.07) is 0. The van der Waals surface area contributed by atoms with E-state index in [1.807, 2.05) is 11.8 Å². The summed E-state index contributed by atoms with van der Waals surface area (Å²) in [5, 5.41) is 0.563. The van der Waals surface area contributed by atoms with E-state index >= 15 is 0 Å². The Balaban J connectivity index is 2.55. The number of hydrogen-bond acceptors (Lipinski definition) is 4. The van der Waals surface area contributed by atoms with Gasteiger partial charge in [0.15, 0.2) is 6.10 Å². The van der Waals surface area contributed by atoms with Gasteiger partial charge in [0.2, 0.25) is 0 Å². The van der Waals surface area contributed by atoms with Gasteiger partial charge in [0, 0.05) is 24.7 Å². The molecule has 15 heavy (non-hydrogen) atoms. The third-order valence-electron chi connectivity index (χ3n) is 2.20. The summed E-state index contributed by atoms with van der Waals surface area (Å²) in [6.07, 6.45) is -0.520. The number of ether oxygens (including phenoxy) is 2. The molecule has 0 aliphatic carbocycles. The van der Waals surface area contributed by atoms with Gasteiger partial charge in [-0.05, 0) is 6.92 Å². The SMILES string of the molecule is C=C(Cl)CN1C[C@@H](C)O[C@@H](C(=O)OC)C1. The van der Waals surface area contributed by atoms with E-state index in [9.17, 15) is 4.79 Å². The van der Waals surface area contributed by atoms with E-state index in [4.69, 9.17) is 16.3 Å². The zero-order valence-electron chi connectivity index (χ0n) is 9.03. The van der Waals surface area contributed by atoms with Crippen molar-refractivity contribution in [3.05, 3.63) is 11.6 Å². The standard InChI is InChI=1S/C10H16ClNO3/c1-7(11)4-12-5-8(2)15-9(6-12)10(13)14-3/h8-9H,1,4-6H2,2-3H3/t8-,9-/m1/s1. The van der Waals surface area contributed by atoms with E-state index in [-0.39, 0.29) is 12.1 Å². The number of methoxy groups -OCH3 is 1. The molecule has 0 unspecified atom stereocenters. The van der Waals surface area contributed by atoms with Gasteiger partial charge in [-0.15, -0.1) is 0 Å². The minimum absolute atomic E-state index is 0.00105. The number of halogens is 1. The van der Waals surface area contributed by atoms with Gasteiger partial charge in [0.25, 0.3) is 0 Å². The van der Waals surface area contributed by atoms with Crippen molar-refractivity contribution in [1.82, 2.24) is 4.90 Å². The van der Waals surface area contributed by atoms with Crippen LogP contribution >= 0.6 is 11.6 Å². The molecule has 2 atom stereocenters. The molecule has 1 aliphatic rings. The van der Waals surface area contributed by atoms with Gasteiger partial charge in [-0.1, -0.05) is 18.2 Å². The highest BCUT2D eigenvalue weighted by Gasteiger charge is 2.30. The molecule has 4 nitrogen and oxygen atoms in total. The molecule has 1 saturated heterocycles. The van der Waals surface area contributed by atoms with Gasteiger partial charge in [-0.2, -0.15) is 0 Å². The van der Waals surface area contributed by atoms with Crippen molar-refractivity contribution in [2.24, 2.45) is 0 Å². The van der Waals surface area contributed by atoms with Crippen LogP contribution in [0.1, 0.15) is 6.92 Å². The van der Waals surface area contributed by atoms with Gasteiger partial charge in [0.1, 0.15) is 0 Å². The molecule has 86 valence electrons. The van der Waals surface area contributed by atoms with Crippen molar-refractivity contribution in [3.63, 3.8) is 0 Å². The molecule has 1 heterocycles. The predicted molar refractivity (Wildman–Crippen MR) is 57.8 cm³/mol. The summed E-state index contributed by atoms with van der Waals surface area (Å²) < 4.78 is 10.1. The number of esters is 1. The van der Waals surface area contributed by atoms with Gasteiger partial charge in [-0.25, -0.2) is 4.79 Å². The Hall–Kier alpha value is -0.580. The zero-order valence-corrected chi connectivity index (χ0v) is 9.79. The molecule has 0 aromatic rings. The predicted octanol–water partition coefficient (Wildman–Crippen LogP) is 1.00. The van der Waals surface area contributed by atoms with Crippen LogP contribution in [-0.4, -0.2) is 49.8 Å². The van der Waals surface area contributed by atoms with Crippen LogP contribution in [0.15, 0.2) is 11.6 Å². The fourth-order valence-electron chi connectivity index (χ4n) is 1.67. The van der Waals surface area contributed by atoms with E-state index < -0.39 is 6.10 Å². The number of rotatable bonds is 3. The van der Waals surface area contributed by atoms with Crippen LogP contribution in [0.3, 0.4) is 0 Å². The topological polar surface area (TPSA) is 38.8 Å². The molecule has 0 amide bonds.